The zero-order chi connectivity index (χ0) is 18.6. The summed E-state index contributed by atoms with van der Waals surface area (Å²) in [4.78, 5) is 13.6. The van der Waals surface area contributed by atoms with E-state index in [0.717, 1.165) is 34.6 Å². The molecule has 0 amide bonds. The number of thiazole rings is 1. The fourth-order valence-corrected chi connectivity index (χ4v) is 3.66. The lowest BCUT2D eigenvalue weighted by Gasteiger charge is -2.08. The predicted octanol–water partition coefficient (Wildman–Crippen LogP) is 6.55. The van der Waals surface area contributed by atoms with E-state index in [-0.39, 0.29) is 0 Å². The molecule has 0 aromatic carbocycles. The molecule has 0 aliphatic carbocycles. The minimum atomic E-state index is 0.722. The maximum atomic E-state index is 4.62. The monoisotopic (exact) mass is 374 g/mol. The van der Waals surface area contributed by atoms with Crippen molar-refractivity contribution >= 4 is 17.2 Å². The van der Waals surface area contributed by atoms with E-state index >= 15 is 0 Å². The average molecular weight is 375 g/mol. The smallest absolute Gasteiger partial charge is 0.181 e. The number of anilines is 1. The van der Waals surface area contributed by atoms with E-state index < -0.39 is 0 Å². The van der Waals surface area contributed by atoms with Gasteiger partial charge in [-0.3, -0.25) is 0 Å². The van der Waals surface area contributed by atoms with Crippen molar-refractivity contribution in [3.63, 3.8) is 0 Å². The first kappa shape index (κ1) is 20.8. The third kappa shape index (κ3) is 7.81. The van der Waals surface area contributed by atoms with Gasteiger partial charge in [-0.1, -0.05) is 64.7 Å². The van der Waals surface area contributed by atoms with Crippen molar-refractivity contribution < 1.29 is 0 Å². The van der Waals surface area contributed by atoms with Gasteiger partial charge in [-0.15, -0.1) is 11.3 Å². The standard InChI is InChI=1S/C21H34N4S/c1-4-5-6-7-8-9-10-11-12-13-14-22-20-15-17(2)23-21(25-20)19-16-26-18(3)24-19/h15-16H,4-14H2,1-3H3,(H,22,23,25). The average Bonchev–Trinajstić information content (AvgIpc) is 3.06. The molecule has 0 aliphatic rings. The van der Waals surface area contributed by atoms with Crippen LogP contribution in [0.2, 0.25) is 0 Å². The van der Waals surface area contributed by atoms with Gasteiger partial charge in [-0.2, -0.15) is 0 Å². The summed E-state index contributed by atoms with van der Waals surface area (Å²) in [6, 6.07) is 2.01. The second kappa shape index (κ2) is 12.0. The number of unbranched alkanes of at least 4 members (excludes halogenated alkanes) is 9. The first-order chi connectivity index (χ1) is 12.7. The van der Waals surface area contributed by atoms with Gasteiger partial charge in [-0.05, 0) is 20.3 Å². The second-order valence-electron chi connectivity index (χ2n) is 7.08. The molecule has 2 rings (SSSR count). The van der Waals surface area contributed by atoms with Crippen molar-refractivity contribution in [1.82, 2.24) is 15.0 Å². The molecule has 0 aliphatic heterocycles. The molecule has 2 heterocycles. The van der Waals surface area contributed by atoms with Gasteiger partial charge in [0.15, 0.2) is 5.82 Å². The number of nitrogens with one attached hydrogen (secondary N) is 1. The molecule has 5 heteroatoms. The number of aromatic nitrogens is 3. The van der Waals surface area contributed by atoms with E-state index in [9.17, 15) is 0 Å². The second-order valence-corrected chi connectivity index (χ2v) is 8.14. The summed E-state index contributed by atoms with van der Waals surface area (Å²) in [6.07, 6.45) is 13.6. The van der Waals surface area contributed by atoms with Gasteiger partial charge >= 0.3 is 0 Å². The van der Waals surface area contributed by atoms with Gasteiger partial charge in [0.05, 0.1) is 5.01 Å². The summed E-state index contributed by atoms with van der Waals surface area (Å²) < 4.78 is 0. The van der Waals surface area contributed by atoms with Crippen molar-refractivity contribution in [2.75, 3.05) is 11.9 Å². The maximum Gasteiger partial charge on any atom is 0.181 e. The Balaban J connectivity index is 1.62. The van der Waals surface area contributed by atoms with Crippen molar-refractivity contribution in [3.05, 3.63) is 22.1 Å². The van der Waals surface area contributed by atoms with Crippen LogP contribution < -0.4 is 5.32 Å². The zero-order valence-electron chi connectivity index (χ0n) is 16.7. The van der Waals surface area contributed by atoms with E-state index in [1.165, 1.54) is 64.2 Å². The minimum Gasteiger partial charge on any atom is -0.370 e. The van der Waals surface area contributed by atoms with Crippen LogP contribution in [0.3, 0.4) is 0 Å². The number of rotatable bonds is 13. The molecule has 26 heavy (non-hydrogen) atoms. The lowest BCUT2D eigenvalue weighted by molar-refractivity contribution is 0.560. The van der Waals surface area contributed by atoms with Crippen molar-refractivity contribution in [1.29, 1.82) is 0 Å². The van der Waals surface area contributed by atoms with Crippen LogP contribution in [0.4, 0.5) is 5.82 Å². The van der Waals surface area contributed by atoms with Crippen LogP contribution in [0.1, 0.15) is 81.8 Å². The zero-order valence-corrected chi connectivity index (χ0v) is 17.5. The quantitative estimate of drug-likeness (QED) is 0.404. The molecule has 0 unspecified atom stereocenters. The molecular formula is C21H34N4S. The van der Waals surface area contributed by atoms with Crippen LogP contribution in [0.15, 0.2) is 11.4 Å². The van der Waals surface area contributed by atoms with Gasteiger partial charge in [-0.25, -0.2) is 15.0 Å². The topological polar surface area (TPSA) is 50.7 Å². The highest BCUT2D eigenvalue weighted by molar-refractivity contribution is 7.09. The Hall–Kier alpha value is -1.49. The third-order valence-electron chi connectivity index (χ3n) is 4.54. The normalized spacial score (nSPS) is 11.0. The van der Waals surface area contributed by atoms with Crippen molar-refractivity contribution in [2.45, 2.75) is 85.0 Å². The van der Waals surface area contributed by atoms with Gasteiger partial charge in [0.2, 0.25) is 0 Å². The highest BCUT2D eigenvalue weighted by Crippen LogP contribution is 2.20. The molecule has 0 fully saturated rings. The lowest BCUT2D eigenvalue weighted by Crippen LogP contribution is -2.05. The summed E-state index contributed by atoms with van der Waals surface area (Å²) in [5, 5.41) is 6.52. The Morgan fingerprint density at radius 1 is 0.846 bits per heavy atom. The van der Waals surface area contributed by atoms with E-state index in [1.807, 2.05) is 25.3 Å². The Bertz CT molecular complexity index is 639. The first-order valence-corrected chi connectivity index (χ1v) is 11.1. The Morgan fingerprint density at radius 2 is 1.50 bits per heavy atom. The SMILES string of the molecule is CCCCCCCCCCCCNc1cc(C)nc(-c2csc(C)n2)n1. The minimum absolute atomic E-state index is 0.722. The largest absolute Gasteiger partial charge is 0.370 e. The Labute approximate surface area is 162 Å². The molecule has 0 radical (unpaired) electrons. The van der Waals surface area contributed by atoms with Gasteiger partial charge in [0.25, 0.3) is 0 Å². The van der Waals surface area contributed by atoms with Crippen LogP contribution in [-0.2, 0) is 0 Å². The molecule has 2 aromatic rings. The Morgan fingerprint density at radius 3 is 2.12 bits per heavy atom. The van der Waals surface area contributed by atoms with Crippen LogP contribution in [0, 0.1) is 13.8 Å². The van der Waals surface area contributed by atoms with E-state index in [0.29, 0.717) is 0 Å². The third-order valence-corrected chi connectivity index (χ3v) is 5.31. The van der Waals surface area contributed by atoms with Crippen molar-refractivity contribution in [3.8, 4) is 11.5 Å². The predicted molar refractivity (Wildman–Crippen MR) is 113 cm³/mol. The summed E-state index contributed by atoms with van der Waals surface area (Å²) in [6.45, 7) is 7.27. The molecule has 1 N–H and O–H groups in total. The van der Waals surface area contributed by atoms with E-state index in [4.69, 9.17) is 0 Å². The van der Waals surface area contributed by atoms with Gasteiger partial charge in [0, 0.05) is 23.7 Å². The summed E-state index contributed by atoms with van der Waals surface area (Å²) in [7, 11) is 0. The number of hydrogen-bond acceptors (Lipinski definition) is 5. The summed E-state index contributed by atoms with van der Waals surface area (Å²) in [5.74, 6) is 1.63. The molecule has 0 saturated heterocycles. The number of aryl methyl sites for hydroxylation is 2. The highest BCUT2D eigenvalue weighted by Gasteiger charge is 2.08. The molecule has 0 saturated carbocycles. The van der Waals surface area contributed by atoms with Crippen LogP contribution in [0.5, 0.6) is 0 Å². The van der Waals surface area contributed by atoms with Gasteiger partial charge < -0.3 is 5.32 Å². The molecular weight excluding hydrogens is 340 g/mol. The van der Waals surface area contributed by atoms with Crippen molar-refractivity contribution in [2.24, 2.45) is 0 Å². The molecule has 4 nitrogen and oxygen atoms in total. The number of hydrogen-bond donors (Lipinski definition) is 1. The van der Waals surface area contributed by atoms with E-state index in [1.54, 1.807) is 11.3 Å². The summed E-state index contributed by atoms with van der Waals surface area (Å²) in [5.41, 5.74) is 1.85. The van der Waals surface area contributed by atoms with E-state index in [2.05, 4.69) is 27.2 Å². The Kier molecular flexibility index (Phi) is 9.61. The number of nitrogens with zero attached hydrogens (tertiary/aromatic N) is 3. The fourth-order valence-electron chi connectivity index (χ4n) is 3.07. The molecule has 2 aromatic heterocycles. The van der Waals surface area contributed by atoms with Crippen LogP contribution >= 0.6 is 11.3 Å². The first-order valence-electron chi connectivity index (χ1n) is 10.2. The molecule has 0 spiro atoms. The molecule has 144 valence electrons. The fraction of sp³-hybridized carbons (Fsp3) is 0.667. The van der Waals surface area contributed by atoms with Gasteiger partial charge in [0.1, 0.15) is 11.5 Å². The lowest BCUT2D eigenvalue weighted by atomic mass is 10.1. The highest BCUT2D eigenvalue weighted by atomic mass is 32.1. The molecule has 0 bridgehead atoms. The van der Waals surface area contributed by atoms with Crippen LogP contribution in [0.25, 0.3) is 11.5 Å². The van der Waals surface area contributed by atoms with Crippen LogP contribution in [-0.4, -0.2) is 21.5 Å². The maximum absolute atomic E-state index is 4.62. The molecule has 0 atom stereocenters. The summed E-state index contributed by atoms with van der Waals surface area (Å²) >= 11 is 1.64.